The van der Waals surface area contributed by atoms with Crippen molar-refractivity contribution in [3.05, 3.63) is 36.2 Å². The summed E-state index contributed by atoms with van der Waals surface area (Å²) in [4.78, 5) is 16.1. The quantitative estimate of drug-likeness (QED) is 0.765. The number of amides is 2. The third-order valence-electron chi connectivity index (χ3n) is 3.34. The van der Waals surface area contributed by atoms with Crippen molar-refractivity contribution >= 4 is 11.7 Å². The van der Waals surface area contributed by atoms with E-state index in [-0.39, 0.29) is 18.7 Å². The normalized spacial score (nSPS) is 12.0. The smallest absolute Gasteiger partial charge is 0.319 e. The van der Waals surface area contributed by atoms with Gasteiger partial charge in [-0.2, -0.15) is 0 Å². The predicted molar refractivity (Wildman–Crippen MR) is 84.6 cm³/mol. The van der Waals surface area contributed by atoms with E-state index in [0.717, 1.165) is 17.5 Å². The van der Waals surface area contributed by atoms with Gasteiger partial charge in [-0.1, -0.05) is 6.07 Å². The maximum atomic E-state index is 12.0. The molecule has 0 aliphatic rings. The van der Waals surface area contributed by atoms with E-state index in [2.05, 4.69) is 15.6 Å². The van der Waals surface area contributed by atoms with Crippen LogP contribution in [0.15, 0.2) is 35.1 Å². The number of oxazole rings is 1. The first-order valence-electron chi connectivity index (χ1n) is 7.29. The fraction of sp³-hybridized carbons (Fsp3) is 0.375. The highest BCUT2D eigenvalue weighted by Crippen LogP contribution is 2.24. The zero-order valence-corrected chi connectivity index (χ0v) is 12.8. The van der Waals surface area contributed by atoms with Crippen LogP contribution in [0.3, 0.4) is 0 Å². The second-order valence-electron chi connectivity index (χ2n) is 5.23. The number of aliphatic hydroxyl groups excluding tert-OH is 1. The molecule has 2 rings (SSSR count). The lowest BCUT2D eigenvalue weighted by Gasteiger charge is -2.15. The molecular weight excluding hydrogens is 282 g/mol. The molecule has 0 aliphatic carbocycles. The second-order valence-corrected chi connectivity index (χ2v) is 5.23. The van der Waals surface area contributed by atoms with Gasteiger partial charge in [0.1, 0.15) is 6.26 Å². The second kappa shape index (κ2) is 7.61. The van der Waals surface area contributed by atoms with Gasteiger partial charge < -0.3 is 20.2 Å². The number of nitrogens with one attached hydrogen (secondary N) is 2. The van der Waals surface area contributed by atoms with Crippen LogP contribution in [-0.4, -0.2) is 28.8 Å². The molecule has 0 fully saturated rings. The molecule has 0 saturated carbocycles. The number of aryl methyl sites for hydroxylation is 1. The number of carbonyl (C=O) groups is 1. The third-order valence-corrected chi connectivity index (χ3v) is 3.34. The maximum absolute atomic E-state index is 12.0. The number of carbonyl (C=O) groups excluding carboxylic acids is 1. The first-order valence-corrected chi connectivity index (χ1v) is 7.29. The standard InChI is InChI=1S/C16H21N3O3/c1-11-5-6-13(15-17-7-9-22-15)10-14(11)19-16(21)18-12(2)4-3-8-20/h5-7,9-10,12,20H,3-4,8H2,1-2H3,(H2,18,19,21). The number of nitrogens with zero attached hydrogens (tertiary/aromatic N) is 1. The Kier molecular flexibility index (Phi) is 5.55. The Hall–Kier alpha value is -2.34. The van der Waals surface area contributed by atoms with Gasteiger partial charge in [-0.15, -0.1) is 0 Å². The van der Waals surface area contributed by atoms with Gasteiger partial charge in [0.05, 0.1) is 6.20 Å². The molecule has 0 radical (unpaired) electrons. The van der Waals surface area contributed by atoms with Crippen LogP contribution in [0.1, 0.15) is 25.3 Å². The molecule has 0 spiro atoms. The molecule has 1 aromatic heterocycles. The van der Waals surface area contributed by atoms with Crippen molar-refractivity contribution in [3.8, 4) is 11.5 Å². The first kappa shape index (κ1) is 16.0. The first-order chi connectivity index (χ1) is 10.6. The van der Waals surface area contributed by atoms with Crippen LogP contribution < -0.4 is 10.6 Å². The van der Waals surface area contributed by atoms with Gasteiger partial charge in [0.15, 0.2) is 0 Å². The summed E-state index contributed by atoms with van der Waals surface area (Å²) < 4.78 is 5.27. The minimum absolute atomic E-state index is 0.00220. The molecule has 6 nitrogen and oxygen atoms in total. The van der Waals surface area contributed by atoms with Gasteiger partial charge in [0, 0.05) is 23.9 Å². The Bertz CT molecular complexity index is 611. The Morgan fingerprint density at radius 1 is 1.45 bits per heavy atom. The Balaban J connectivity index is 2.02. The van der Waals surface area contributed by atoms with Crippen molar-refractivity contribution in [3.63, 3.8) is 0 Å². The molecule has 1 heterocycles. The van der Waals surface area contributed by atoms with Crippen LogP contribution in [0.4, 0.5) is 10.5 Å². The van der Waals surface area contributed by atoms with Crippen molar-refractivity contribution in [2.45, 2.75) is 32.7 Å². The Labute approximate surface area is 129 Å². The minimum atomic E-state index is -0.266. The number of hydrogen-bond donors (Lipinski definition) is 3. The molecule has 2 aromatic rings. The fourth-order valence-corrected chi connectivity index (χ4v) is 2.11. The number of aromatic nitrogens is 1. The van der Waals surface area contributed by atoms with Crippen molar-refractivity contribution < 1.29 is 14.3 Å². The van der Waals surface area contributed by atoms with Crippen LogP contribution in [0.5, 0.6) is 0 Å². The van der Waals surface area contributed by atoms with Crippen molar-refractivity contribution in [2.75, 3.05) is 11.9 Å². The van der Waals surface area contributed by atoms with Crippen LogP contribution >= 0.6 is 0 Å². The molecule has 1 aromatic carbocycles. The molecule has 3 N–H and O–H groups in total. The van der Waals surface area contributed by atoms with Gasteiger partial charge >= 0.3 is 6.03 Å². The van der Waals surface area contributed by atoms with E-state index in [9.17, 15) is 4.79 Å². The summed E-state index contributed by atoms with van der Waals surface area (Å²) in [5, 5.41) is 14.5. The topological polar surface area (TPSA) is 87.4 Å². The number of rotatable bonds is 6. The van der Waals surface area contributed by atoms with Crippen molar-refractivity contribution in [1.82, 2.24) is 10.3 Å². The summed E-state index contributed by atoms with van der Waals surface area (Å²) in [6, 6.07) is 5.37. The number of hydrogen-bond acceptors (Lipinski definition) is 4. The summed E-state index contributed by atoms with van der Waals surface area (Å²) >= 11 is 0. The summed E-state index contributed by atoms with van der Waals surface area (Å²) in [6.07, 6.45) is 4.50. The Morgan fingerprint density at radius 3 is 2.95 bits per heavy atom. The zero-order chi connectivity index (χ0) is 15.9. The van der Waals surface area contributed by atoms with Gasteiger partial charge in [0.2, 0.25) is 5.89 Å². The molecule has 6 heteroatoms. The molecule has 0 saturated heterocycles. The minimum Gasteiger partial charge on any atom is -0.445 e. The fourth-order valence-electron chi connectivity index (χ4n) is 2.11. The number of benzene rings is 1. The summed E-state index contributed by atoms with van der Waals surface area (Å²) in [6.45, 7) is 3.96. The predicted octanol–water partition coefficient (Wildman–Crippen LogP) is 2.93. The molecule has 0 aliphatic heterocycles. The number of anilines is 1. The largest absolute Gasteiger partial charge is 0.445 e. The van der Waals surface area contributed by atoms with Crippen molar-refractivity contribution in [2.24, 2.45) is 0 Å². The summed E-state index contributed by atoms with van der Waals surface area (Å²) in [5.74, 6) is 0.514. The van der Waals surface area contributed by atoms with E-state index >= 15 is 0 Å². The van der Waals surface area contributed by atoms with E-state index in [4.69, 9.17) is 9.52 Å². The third kappa shape index (κ3) is 4.33. The summed E-state index contributed by atoms with van der Waals surface area (Å²) in [7, 11) is 0. The average molecular weight is 303 g/mol. The van der Waals surface area contributed by atoms with Crippen LogP contribution in [0, 0.1) is 6.92 Å². The monoisotopic (exact) mass is 303 g/mol. The molecule has 2 amide bonds. The lowest BCUT2D eigenvalue weighted by molar-refractivity contribution is 0.245. The van der Waals surface area contributed by atoms with Crippen molar-refractivity contribution in [1.29, 1.82) is 0 Å². The molecule has 0 bridgehead atoms. The SMILES string of the molecule is Cc1ccc(-c2ncco2)cc1NC(=O)NC(C)CCCO. The molecule has 22 heavy (non-hydrogen) atoms. The van der Waals surface area contributed by atoms with E-state index in [1.807, 2.05) is 32.0 Å². The summed E-state index contributed by atoms with van der Waals surface area (Å²) in [5.41, 5.74) is 2.47. The van der Waals surface area contributed by atoms with E-state index < -0.39 is 0 Å². The van der Waals surface area contributed by atoms with Gasteiger partial charge in [-0.3, -0.25) is 0 Å². The highest BCUT2D eigenvalue weighted by molar-refractivity contribution is 5.91. The zero-order valence-electron chi connectivity index (χ0n) is 12.8. The highest BCUT2D eigenvalue weighted by Gasteiger charge is 2.10. The van der Waals surface area contributed by atoms with Crippen LogP contribution in [0.25, 0.3) is 11.5 Å². The van der Waals surface area contributed by atoms with E-state index in [0.29, 0.717) is 18.0 Å². The lowest BCUT2D eigenvalue weighted by atomic mass is 10.1. The van der Waals surface area contributed by atoms with Crippen LogP contribution in [0.2, 0.25) is 0 Å². The molecule has 118 valence electrons. The highest BCUT2D eigenvalue weighted by atomic mass is 16.3. The van der Waals surface area contributed by atoms with E-state index in [1.165, 1.54) is 6.26 Å². The van der Waals surface area contributed by atoms with Gasteiger partial charge in [-0.05, 0) is 44.4 Å². The average Bonchev–Trinajstić information content (AvgIpc) is 3.01. The molecular formula is C16H21N3O3. The number of urea groups is 1. The molecule has 1 unspecified atom stereocenters. The molecule has 1 atom stereocenters. The van der Waals surface area contributed by atoms with Crippen LogP contribution in [-0.2, 0) is 0 Å². The lowest BCUT2D eigenvalue weighted by Crippen LogP contribution is -2.36. The van der Waals surface area contributed by atoms with Gasteiger partial charge in [0.25, 0.3) is 0 Å². The van der Waals surface area contributed by atoms with Gasteiger partial charge in [-0.25, -0.2) is 9.78 Å². The van der Waals surface area contributed by atoms with E-state index in [1.54, 1.807) is 6.20 Å². The maximum Gasteiger partial charge on any atom is 0.319 e. The Morgan fingerprint density at radius 2 is 2.27 bits per heavy atom. The number of aliphatic hydroxyl groups is 1.